The second-order valence-corrected chi connectivity index (χ2v) is 5.47. The van der Waals surface area contributed by atoms with Gasteiger partial charge in [0.1, 0.15) is 17.8 Å². The highest BCUT2D eigenvalue weighted by atomic mass is 16.6. The molecule has 0 saturated carbocycles. The van der Waals surface area contributed by atoms with E-state index in [2.05, 4.69) is 0 Å². The van der Waals surface area contributed by atoms with Gasteiger partial charge in [0.25, 0.3) is 0 Å². The van der Waals surface area contributed by atoms with Crippen LogP contribution in [0.5, 0.6) is 0 Å². The third-order valence-corrected chi connectivity index (χ3v) is 3.90. The van der Waals surface area contributed by atoms with Crippen LogP contribution in [0.4, 0.5) is 0 Å². The Morgan fingerprint density at radius 3 is 2.52 bits per heavy atom. The van der Waals surface area contributed by atoms with Crippen LogP contribution in [-0.4, -0.2) is 56.4 Å². The molecule has 6 nitrogen and oxygen atoms in total. The van der Waals surface area contributed by atoms with Gasteiger partial charge in [0.2, 0.25) is 0 Å². The van der Waals surface area contributed by atoms with Crippen molar-refractivity contribution in [2.45, 2.75) is 50.5 Å². The number of ether oxygens (including phenoxy) is 1. The Balaban J connectivity index is 2.35. The number of carbonyl (C=O) groups is 1. The lowest BCUT2D eigenvalue weighted by molar-refractivity contribution is -0.176. The van der Waals surface area contributed by atoms with Crippen molar-refractivity contribution in [2.75, 3.05) is 0 Å². The molecular formula is C15H20O6. The minimum Gasteiger partial charge on any atom is -0.385 e. The Labute approximate surface area is 122 Å². The van der Waals surface area contributed by atoms with Gasteiger partial charge in [-0.3, -0.25) is 4.79 Å². The molecule has 6 heteroatoms. The molecule has 0 spiro atoms. The highest BCUT2D eigenvalue weighted by Crippen LogP contribution is 2.38. The first-order valence-electron chi connectivity index (χ1n) is 6.79. The molecular weight excluding hydrogens is 276 g/mol. The third kappa shape index (κ3) is 2.73. The van der Waals surface area contributed by atoms with E-state index in [4.69, 9.17) is 4.74 Å². The zero-order chi connectivity index (χ0) is 15.8. The van der Waals surface area contributed by atoms with Gasteiger partial charge >= 0.3 is 0 Å². The molecule has 1 aliphatic heterocycles. The summed E-state index contributed by atoms with van der Waals surface area (Å²) in [4.78, 5) is 12.2. The molecule has 0 aromatic rings. The number of allylic oxidation sites excluding steroid dienone is 3. The first-order valence-corrected chi connectivity index (χ1v) is 6.79. The summed E-state index contributed by atoms with van der Waals surface area (Å²) in [5.41, 5.74) is -1.99. The van der Waals surface area contributed by atoms with Crippen LogP contribution in [0.25, 0.3) is 0 Å². The van der Waals surface area contributed by atoms with E-state index < -0.39 is 36.0 Å². The van der Waals surface area contributed by atoms with Crippen molar-refractivity contribution in [3.63, 3.8) is 0 Å². The zero-order valence-corrected chi connectivity index (χ0v) is 11.9. The maximum Gasteiger partial charge on any atom is 0.190 e. The second-order valence-electron chi connectivity index (χ2n) is 5.47. The number of aliphatic hydroxyl groups excluding tert-OH is 3. The van der Waals surface area contributed by atoms with Crippen molar-refractivity contribution in [1.82, 2.24) is 0 Å². The Morgan fingerprint density at radius 2 is 1.90 bits per heavy atom. The van der Waals surface area contributed by atoms with E-state index in [-0.39, 0.29) is 17.6 Å². The molecule has 0 aromatic carbocycles. The van der Waals surface area contributed by atoms with Crippen LogP contribution in [-0.2, 0) is 9.53 Å². The number of hydrogen-bond donors (Lipinski definition) is 4. The van der Waals surface area contributed by atoms with Crippen molar-refractivity contribution < 1.29 is 30.0 Å². The van der Waals surface area contributed by atoms with E-state index in [9.17, 15) is 25.2 Å². The summed E-state index contributed by atoms with van der Waals surface area (Å²) in [6.07, 6.45) is 1.79. The standard InChI is InChI=1S/C15H20O6/c1-3-4-5-6-8-7-9-10(14(19)21-8)12(17)15(2,20)13(18)11(9)16/h3-6,8,12-14,17-20H,7H2,1-2H3. The Hall–Kier alpha value is -1.31. The lowest BCUT2D eigenvalue weighted by atomic mass is 9.73. The SMILES string of the molecule is CC=CC=CC1CC2=C(C(O)O1)C(O)C(C)(O)C(O)C2=O. The largest absolute Gasteiger partial charge is 0.385 e. The van der Waals surface area contributed by atoms with E-state index in [1.54, 1.807) is 18.2 Å². The average molecular weight is 296 g/mol. The normalized spacial score (nSPS) is 41.1. The number of ketones is 1. The molecule has 0 fully saturated rings. The molecule has 2 rings (SSSR count). The summed E-state index contributed by atoms with van der Waals surface area (Å²) < 4.78 is 5.32. The van der Waals surface area contributed by atoms with Gasteiger partial charge in [-0.05, 0) is 13.8 Å². The number of aliphatic hydroxyl groups is 4. The number of rotatable bonds is 2. The molecule has 1 heterocycles. The van der Waals surface area contributed by atoms with Crippen molar-refractivity contribution in [3.05, 3.63) is 35.5 Å². The molecule has 0 saturated heterocycles. The number of Topliss-reactive ketones (excluding diaryl/α,β-unsaturated/α-hetero) is 1. The molecule has 0 aromatic heterocycles. The van der Waals surface area contributed by atoms with Crippen molar-refractivity contribution in [3.8, 4) is 0 Å². The first kappa shape index (κ1) is 16.1. The monoisotopic (exact) mass is 296 g/mol. The number of hydrogen-bond acceptors (Lipinski definition) is 6. The Morgan fingerprint density at radius 1 is 1.24 bits per heavy atom. The Kier molecular flexibility index (Phi) is 4.46. The topological polar surface area (TPSA) is 107 Å². The van der Waals surface area contributed by atoms with Crippen LogP contribution in [0, 0.1) is 0 Å². The molecule has 4 N–H and O–H groups in total. The van der Waals surface area contributed by atoms with Crippen LogP contribution >= 0.6 is 0 Å². The molecule has 5 atom stereocenters. The highest BCUT2D eigenvalue weighted by Gasteiger charge is 2.53. The van der Waals surface area contributed by atoms with Gasteiger partial charge in [-0.2, -0.15) is 0 Å². The molecule has 0 amide bonds. The molecule has 1 aliphatic carbocycles. The molecule has 116 valence electrons. The van der Waals surface area contributed by atoms with E-state index in [0.717, 1.165) is 6.92 Å². The summed E-state index contributed by atoms with van der Waals surface area (Å²) in [6, 6.07) is 0. The summed E-state index contributed by atoms with van der Waals surface area (Å²) in [7, 11) is 0. The van der Waals surface area contributed by atoms with E-state index in [0.29, 0.717) is 0 Å². The Bertz CT molecular complexity index is 516. The summed E-state index contributed by atoms with van der Waals surface area (Å²) in [5, 5.41) is 40.0. The van der Waals surface area contributed by atoms with Crippen LogP contribution < -0.4 is 0 Å². The predicted molar refractivity (Wildman–Crippen MR) is 74.1 cm³/mol. The minimum absolute atomic E-state index is 0.0639. The fraction of sp³-hybridized carbons (Fsp3) is 0.533. The quantitative estimate of drug-likeness (QED) is 0.516. The molecule has 2 aliphatic rings. The van der Waals surface area contributed by atoms with Gasteiger partial charge in [0.05, 0.1) is 6.10 Å². The van der Waals surface area contributed by atoms with Crippen molar-refractivity contribution in [1.29, 1.82) is 0 Å². The predicted octanol–water partition coefficient (Wildman–Crippen LogP) is -0.422. The summed E-state index contributed by atoms with van der Waals surface area (Å²) in [5.74, 6) is -0.688. The molecule has 0 radical (unpaired) electrons. The zero-order valence-electron chi connectivity index (χ0n) is 11.9. The van der Waals surface area contributed by atoms with Gasteiger partial charge in [-0.1, -0.05) is 24.3 Å². The highest BCUT2D eigenvalue weighted by molar-refractivity contribution is 6.02. The van der Waals surface area contributed by atoms with Gasteiger partial charge in [0, 0.05) is 17.6 Å². The summed E-state index contributed by atoms with van der Waals surface area (Å²) in [6.45, 7) is 3.00. The maximum absolute atomic E-state index is 12.2. The second kappa shape index (κ2) is 5.82. The van der Waals surface area contributed by atoms with E-state index in [1.165, 1.54) is 0 Å². The third-order valence-electron chi connectivity index (χ3n) is 3.90. The van der Waals surface area contributed by atoms with Gasteiger partial charge in [-0.15, -0.1) is 0 Å². The molecule has 0 bridgehead atoms. The minimum atomic E-state index is -2.05. The van der Waals surface area contributed by atoms with E-state index >= 15 is 0 Å². The van der Waals surface area contributed by atoms with Crippen molar-refractivity contribution >= 4 is 5.78 Å². The number of carbonyl (C=O) groups excluding carboxylic acids is 1. The van der Waals surface area contributed by atoms with Gasteiger partial charge in [0.15, 0.2) is 12.1 Å². The smallest absolute Gasteiger partial charge is 0.190 e. The van der Waals surface area contributed by atoms with Gasteiger partial charge in [-0.25, -0.2) is 0 Å². The lowest BCUT2D eigenvalue weighted by Gasteiger charge is -2.43. The summed E-state index contributed by atoms with van der Waals surface area (Å²) >= 11 is 0. The van der Waals surface area contributed by atoms with Crippen molar-refractivity contribution in [2.24, 2.45) is 0 Å². The average Bonchev–Trinajstić information content (AvgIpc) is 2.43. The van der Waals surface area contributed by atoms with Crippen LogP contribution in [0.2, 0.25) is 0 Å². The van der Waals surface area contributed by atoms with Crippen LogP contribution in [0.15, 0.2) is 35.5 Å². The fourth-order valence-electron chi connectivity index (χ4n) is 2.61. The molecule has 5 unspecified atom stereocenters. The van der Waals surface area contributed by atoms with Gasteiger partial charge < -0.3 is 25.2 Å². The lowest BCUT2D eigenvalue weighted by Crippen LogP contribution is -2.60. The molecule has 21 heavy (non-hydrogen) atoms. The van der Waals surface area contributed by atoms with Crippen LogP contribution in [0.1, 0.15) is 20.3 Å². The first-order chi connectivity index (χ1) is 9.80. The van der Waals surface area contributed by atoms with E-state index in [1.807, 2.05) is 13.0 Å². The van der Waals surface area contributed by atoms with Crippen LogP contribution in [0.3, 0.4) is 0 Å². The maximum atomic E-state index is 12.2. The fourth-order valence-corrected chi connectivity index (χ4v) is 2.61.